The minimum absolute atomic E-state index is 0.0711. The van der Waals surface area contributed by atoms with Crippen molar-refractivity contribution in [2.45, 2.75) is 124 Å². The summed E-state index contributed by atoms with van der Waals surface area (Å²) in [4.78, 5) is 16.9. The average Bonchev–Trinajstić information content (AvgIpc) is 3.35. The molecule has 1 N–H and O–H groups in total. The smallest absolute Gasteiger partial charge is 0.256 e. The van der Waals surface area contributed by atoms with E-state index in [4.69, 9.17) is 4.74 Å². The molecular weight excluding hydrogens is 524 g/mol. The van der Waals surface area contributed by atoms with E-state index in [1.807, 2.05) is 48.2 Å². The molecule has 0 radical (unpaired) electrons. The predicted octanol–water partition coefficient (Wildman–Crippen LogP) is 10.7. The summed E-state index contributed by atoms with van der Waals surface area (Å²) in [7, 11) is 0. The molecule has 0 spiro atoms. The molecule has 41 heavy (non-hydrogen) atoms. The first kappa shape index (κ1) is 33.1. The van der Waals surface area contributed by atoms with Crippen LogP contribution < -0.4 is 10.1 Å². The van der Waals surface area contributed by atoms with Gasteiger partial charge in [0.15, 0.2) is 0 Å². The largest absolute Gasteiger partial charge is 0.493 e. The molecular formula is C36H54N2O2S. The summed E-state index contributed by atoms with van der Waals surface area (Å²) in [5.41, 5.74) is 3.59. The molecule has 5 heteroatoms. The van der Waals surface area contributed by atoms with Crippen molar-refractivity contribution in [1.82, 2.24) is 4.90 Å². The van der Waals surface area contributed by atoms with Crippen LogP contribution in [0.25, 0.3) is 0 Å². The molecule has 226 valence electrons. The Morgan fingerprint density at radius 2 is 1.54 bits per heavy atom. The maximum atomic E-state index is 13.3. The van der Waals surface area contributed by atoms with Crippen molar-refractivity contribution < 1.29 is 9.53 Å². The van der Waals surface area contributed by atoms with Crippen molar-refractivity contribution in [3.05, 3.63) is 70.3 Å². The van der Waals surface area contributed by atoms with E-state index in [2.05, 4.69) is 57.1 Å². The van der Waals surface area contributed by atoms with Gasteiger partial charge in [0.05, 0.1) is 12.5 Å². The van der Waals surface area contributed by atoms with Gasteiger partial charge < -0.3 is 15.0 Å². The standard InChI is InChI=1S/C36H54N2O2S/c1-6-7-8-9-10-11-12-13-14-15-16-19-24-40-34-23-22-31(25-33(34)36(3,4)5)37-35(39)32-21-18-17-20-30(32)27-38-26-29(2)41-28-38/h17-18,20-23,25-26H,6-16,19,24,27-28H2,1-5H3,(H,37,39). The van der Waals surface area contributed by atoms with Gasteiger partial charge >= 0.3 is 0 Å². The van der Waals surface area contributed by atoms with E-state index in [1.54, 1.807) is 0 Å². The van der Waals surface area contributed by atoms with Gasteiger partial charge in [-0.05, 0) is 53.5 Å². The molecule has 4 nitrogen and oxygen atoms in total. The minimum atomic E-state index is -0.0951. The van der Waals surface area contributed by atoms with E-state index in [0.717, 1.165) is 53.6 Å². The molecule has 1 aliphatic rings. The fourth-order valence-electron chi connectivity index (χ4n) is 5.35. The van der Waals surface area contributed by atoms with Crippen LogP contribution in [-0.4, -0.2) is 23.3 Å². The first-order valence-corrected chi connectivity index (χ1v) is 17.0. The van der Waals surface area contributed by atoms with Crippen LogP contribution in [0.5, 0.6) is 5.75 Å². The van der Waals surface area contributed by atoms with Crippen LogP contribution in [0.3, 0.4) is 0 Å². The third-order valence-electron chi connectivity index (χ3n) is 7.76. The normalized spacial score (nSPS) is 13.4. The molecule has 0 saturated carbocycles. The van der Waals surface area contributed by atoms with Crippen LogP contribution in [0.15, 0.2) is 53.6 Å². The Morgan fingerprint density at radius 3 is 2.15 bits per heavy atom. The summed E-state index contributed by atoms with van der Waals surface area (Å²) < 4.78 is 6.28. The highest BCUT2D eigenvalue weighted by atomic mass is 32.2. The first-order valence-electron chi connectivity index (χ1n) is 16.0. The lowest BCUT2D eigenvalue weighted by Crippen LogP contribution is -2.19. The fraction of sp³-hybridized carbons (Fsp3) is 0.583. The van der Waals surface area contributed by atoms with Gasteiger partial charge in [-0.2, -0.15) is 0 Å². The van der Waals surface area contributed by atoms with E-state index < -0.39 is 0 Å². The molecule has 1 heterocycles. The maximum absolute atomic E-state index is 13.3. The number of unbranched alkanes of at least 4 members (excludes halogenated alkanes) is 11. The van der Waals surface area contributed by atoms with Gasteiger partial charge in [0.25, 0.3) is 5.91 Å². The van der Waals surface area contributed by atoms with E-state index in [9.17, 15) is 4.79 Å². The molecule has 0 fully saturated rings. The molecule has 1 amide bonds. The van der Waals surface area contributed by atoms with Crippen molar-refractivity contribution in [1.29, 1.82) is 0 Å². The minimum Gasteiger partial charge on any atom is -0.493 e. The lowest BCUT2D eigenvalue weighted by molar-refractivity contribution is 0.102. The van der Waals surface area contributed by atoms with Crippen molar-refractivity contribution in [2.24, 2.45) is 0 Å². The van der Waals surface area contributed by atoms with Crippen molar-refractivity contribution >= 4 is 23.4 Å². The molecule has 0 unspecified atom stereocenters. The molecule has 0 atom stereocenters. The lowest BCUT2D eigenvalue weighted by atomic mass is 9.86. The summed E-state index contributed by atoms with van der Waals surface area (Å²) in [6.45, 7) is 12.5. The Balaban J connectivity index is 1.46. The van der Waals surface area contributed by atoms with Crippen LogP contribution in [0.2, 0.25) is 0 Å². The van der Waals surface area contributed by atoms with Gasteiger partial charge in [-0.3, -0.25) is 4.79 Å². The third kappa shape index (κ3) is 11.8. The van der Waals surface area contributed by atoms with Gasteiger partial charge in [-0.15, -0.1) is 11.8 Å². The second-order valence-electron chi connectivity index (χ2n) is 12.6. The number of hydrogen-bond donors (Lipinski definition) is 1. The third-order valence-corrected chi connectivity index (χ3v) is 8.78. The fourth-order valence-corrected chi connectivity index (χ4v) is 6.11. The highest BCUT2D eigenvalue weighted by Crippen LogP contribution is 2.34. The zero-order chi connectivity index (χ0) is 29.5. The summed E-state index contributed by atoms with van der Waals surface area (Å²) in [5, 5.41) is 3.16. The van der Waals surface area contributed by atoms with Crippen molar-refractivity contribution in [3.8, 4) is 5.75 Å². The van der Waals surface area contributed by atoms with E-state index in [-0.39, 0.29) is 11.3 Å². The van der Waals surface area contributed by atoms with Crippen molar-refractivity contribution in [3.63, 3.8) is 0 Å². The van der Waals surface area contributed by atoms with Gasteiger partial charge in [0.2, 0.25) is 0 Å². The number of ether oxygens (including phenoxy) is 1. The molecule has 3 rings (SSSR count). The number of carbonyl (C=O) groups is 1. The zero-order valence-corrected chi connectivity index (χ0v) is 27.2. The number of benzene rings is 2. The van der Waals surface area contributed by atoms with Gasteiger partial charge in [-0.25, -0.2) is 0 Å². The Bertz CT molecular complexity index is 1100. The average molecular weight is 579 g/mol. The number of nitrogens with one attached hydrogen (secondary N) is 1. The quantitative estimate of drug-likeness (QED) is 0.179. The number of anilines is 1. The molecule has 2 aromatic carbocycles. The Hall–Kier alpha value is -2.40. The molecule has 0 bridgehead atoms. The molecule has 1 aliphatic heterocycles. The summed E-state index contributed by atoms with van der Waals surface area (Å²) >= 11 is 1.84. The highest BCUT2D eigenvalue weighted by molar-refractivity contribution is 8.03. The van der Waals surface area contributed by atoms with Gasteiger partial charge in [0, 0.05) is 29.6 Å². The van der Waals surface area contributed by atoms with E-state index >= 15 is 0 Å². The van der Waals surface area contributed by atoms with E-state index in [0.29, 0.717) is 0 Å². The molecule has 0 aromatic heterocycles. The van der Waals surface area contributed by atoms with Crippen molar-refractivity contribution in [2.75, 3.05) is 17.8 Å². The SMILES string of the molecule is CCCCCCCCCCCCCCOc1ccc(NC(=O)c2ccccc2CN2C=C(C)SC2)cc1C(C)(C)C. The topological polar surface area (TPSA) is 41.6 Å². The summed E-state index contributed by atoms with van der Waals surface area (Å²) in [6.07, 6.45) is 18.2. The number of thioether (sulfide) groups is 1. The number of rotatable bonds is 18. The molecule has 0 aliphatic carbocycles. The molecule has 0 saturated heterocycles. The monoisotopic (exact) mass is 578 g/mol. The van der Waals surface area contributed by atoms with Crippen LogP contribution in [0.1, 0.15) is 133 Å². The molecule has 2 aromatic rings. The Morgan fingerprint density at radius 1 is 0.902 bits per heavy atom. The number of amides is 1. The second kappa shape index (κ2) is 17.5. The van der Waals surface area contributed by atoms with Gasteiger partial charge in [-0.1, -0.05) is 117 Å². The Labute approximate surface area is 254 Å². The van der Waals surface area contributed by atoms with Crippen LogP contribution in [-0.2, 0) is 12.0 Å². The summed E-state index contributed by atoms with van der Waals surface area (Å²) in [6, 6.07) is 14.0. The maximum Gasteiger partial charge on any atom is 0.256 e. The number of hydrogen-bond acceptors (Lipinski definition) is 4. The number of allylic oxidation sites excluding steroid dienone is 1. The first-order chi connectivity index (χ1) is 19.8. The van der Waals surface area contributed by atoms with E-state index in [1.165, 1.54) is 75.5 Å². The predicted molar refractivity (Wildman–Crippen MR) is 178 cm³/mol. The second-order valence-corrected chi connectivity index (χ2v) is 13.8. The lowest BCUT2D eigenvalue weighted by Gasteiger charge is -2.24. The van der Waals surface area contributed by atoms with Crippen LogP contribution >= 0.6 is 11.8 Å². The Kier molecular flexibility index (Phi) is 14.2. The van der Waals surface area contributed by atoms with Gasteiger partial charge in [0.1, 0.15) is 5.75 Å². The summed E-state index contributed by atoms with van der Waals surface area (Å²) in [5.74, 6) is 1.78. The number of carbonyl (C=O) groups excluding carboxylic acids is 1. The number of nitrogens with zero attached hydrogens (tertiary/aromatic N) is 1. The van der Waals surface area contributed by atoms with Crippen LogP contribution in [0, 0.1) is 0 Å². The zero-order valence-electron chi connectivity index (χ0n) is 26.4. The van der Waals surface area contributed by atoms with Crippen LogP contribution in [0.4, 0.5) is 5.69 Å². The highest BCUT2D eigenvalue weighted by Gasteiger charge is 2.21.